The van der Waals surface area contributed by atoms with E-state index in [1.807, 2.05) is 6.07 Å². The van der Waals surface area contributed by atoms with E-state index in [2.05, 4.69) is 53.2 Å². The van der Waals surface area contributed by atoms with Crippen molar-refractivity contribution in [2.45, 2.75) is 45.4 Å². The lowest BCUT2D eigenvalue weighted by Gasteiger charge is -2.34. The minimum Gasteiger partial charge on any atom is -0.361 e. The summed E-state index contributed by atoms with van der Waals surface area (Å²) in [5.41, 5.74) is 2.41. The molecule has 0 aliphatic carbocycles. The second kappa shape index (κ2) is 9.22. The highest BCUT2D eigenvalue weighted by Crippen LogP contribution is 2.21. The molecule has 2 aromatic rings. The fourth-order valence-electron chi connectivity index (χ4n) is 4.06. The van der Waals surface area contributed by atoms with Crippen molar-refractivity contribution in [3.8, 4) is 0 Å². The van der Waals surface area contributed by atoms with E-state index < -0.39 is 0 Å². The van der Waals surface area contributed by atoms with Gasteiger partial charge in [0.25, 0.3) is 0 Å². The Balaban J connectivity index is 1.42. The molecule has 0 saturated carbocycles. The molecule has 1 N–H and O–H groups in total. The standard InChI is InChI=1S/C22H33N3O/c1-3-4-13-24(2)17-18-11-14-25(15-12-18)22(26)10-9-19-16-23-21-8-6-5-7-20(19)21/h5-8,16,18,23H,3-4,9-15,17H2,1-2H3. The van der Waals surface area contributed by atoms with Crippen LogP contribution < -0.4 is 0 Å². The van der Waals surface area contributed by atoms with E-state index in [1.54, 1.807) is 0 Å². The van der Waals surface area contributed by atoms with Crippen LogP contribution in [0.1, 0.15) is 44.6 Å². The maximum Gasteiger partial charge on any atom is 0.222 e. The van der Waals surface area contributed by atoms with Crippen LogP contribution in [0, 0.1) is 5.92 Å². The number of unbranched alkanes of at least 4 members (excludes halogenated alkanes) is 1. The molecule has 1 amide bonds. The molecule has 1 saturated heterocycles. The summed E-state index contributed by atoms with van der Waals surface area (Å²) in [6, 6.07) is 8.32. The molecule has 1 aromatic heterocycles. The van der Waals surface area contributed by atoms with Crippen LogP contribution >= 0.6 is 0 Å². The topological polar surface area (TPSA) is 39.3 Å². The fraction of sp³-hybridized carbons (Fsp3) is 0.591. The summed E-state index contributed by atoms with van der Waals surface area (Å²) in [5, 5.41) is 1.24. The maximum atomic E-state index is 12.6. The number of hydrogen-bond donors (Lipinski definition) is 1. The lowest BCUT2D eigenvalue weighted by molar-refractivity contribution is -0.132. The number of H-pyrrole nitrogens is 1. The molecule has 0 spiro atoms. The Kier molecular flexibility index (Phi) is 6.73. The number of likely N-dealkylation sites (tertiary alicyclic amines) is 1. The van der Waals surface area contributed by atoms with Crippen molar-refractivity contribution in [1.82, 2.24) is 14.8 Å². The van der Waals surface area contributed by atoms with Gasteiger partial charge in [-0.2, -0.15) is 0 Å². The van der Waals surface area contributed by atoms with E-state index in [-0.39, 0.29) is 0 Å². The summed E-state index contributed by atoms with van der Waals surface area (Å²) in [6.45, 7) is 6.48. The Morgan fingerprint density at radius 3 is 2.81 bits per heavy atom. The number of carbonyl (C=O) groups is 1. The highest BCUT2D eigenvalue weighted by atomic mass is 16.2. The number of rotatable bonds is 8. The molecule has 2 heterocycles. The summed E-state index contributed by atoms with van der Waals surface area (Å²) in [5.74, 6) is 1.06. The molecular weight excluding hydrogens is 322 g/mol. The van der Waals surface area contributed by atoms with Crippen molar-refractivity contribution < 1.29 is 4.79 Å². The second-order valence-corrected chi connectivity index (χ2v) is 7.80. The smallest absolute Gasteiger partial charge is 0.222 e. The lowest BCUT2D eigenvalue weighted by Crippen LogP contribution is -2.41. The van der Waals surface area contributed by atoms with Crippen molar-refractivity contribution in [1.29, 1.82) is 0 Å². The van der Waals surface area contributed by atoms with Gasteiger partial charge in [0.1, 0.15) is 0 Å². The Bertz CT molecular complexity index is 700. The summed E-state index contributed by atoms with van der Waals surface area (Å²) in [4.78, 5) is 20.4. The summed E-state index contributed by atoms with van der Waals surface area (Å²) < 4.78 is 0. The van der Waals surface area contributed by atoms with Crippen LogP contribution in [0.3, 0.4) is 0 Å². The van der Waals surface area contributed by atoms with Crippen LogP contribution in [0.5, 0.6) is 0 Å². The first-order valence-corrected chi connectivity index (χ1v) is 10.2. The van der Waals surface area contributed by atoms with Gasteiger partial charge in [0.2, 0.25) is 5.91 Å². The monoisotopic (exact) mass is 355 g/mol. The lowest BCUT2D eigenvalue weighted by atomic mass is 9.95. The third-order valence-corrected chi connectivity index (χ3v) is 5.71. The molecule has 0 bridgehead atoms. The number of amides is 1. The normalized spacial score (nSPS) is 15.9. The van der Waals surface area contributed by atoms with Crippen LogP contribution in [0.2, 0.25) is 0 Å². The Morgan fingerprint density at radius 2 is 2.04 bits per heavy atom. The molecule has 26 heavy (non-hydrogen) atoms. The van der Waals surface area contributed by atoms with E-state index >= 15 is 0 Å². The summed E-state index contributed by atoms with van der Waals surface area (Å²) >= 11 is 0. The molecule has 1 aromatic carbocycles. The average Bonchev–Trinajstić information content (AvgIpc) is 3.08. The first-order valence-electron chi connectivity index (χ1n) is 10.2. The molecule has 4 heteroatoms. The Morgan fingerprint density at radius 1 is 1.27 bits per heavy atom. The third kappa shape index (κ3) is 4.88. The molecule has 0 atom stereocenters. The first kappa shape index (κ1) is 19.0. The van der Waals surface area contributed by atoms with Gasteiger partial charge in [-0.05, 0) is 56.8 Å². The van der Waals surface area contributed by atoms with Gasteiger partial charge < -0.3 is 14.8 Å². The first-order chi connectivity index (χ1) is 12.7. The minimum atomic E-state index is 0.313. The highest BCUT2D eigenvalue weighted by molar-refractivity contribution is 5.84. The van der Waals surface area contributed by atoms with Crippen LogP contribution in [0.15, 0.2) is 30.5 Å². The SMILES string of the molecule is CCCCN(C)CC1CCN(C(=O)CCc2c[nH]c3ccccc23)CC1. The number of aryl methyl sites for hydroxylation is 1. The zero-order valence-corrected chi connectivity index (χ0v) is 16.3. The largest absolute Gasteiger partial charge is 0.361 e. The van der Waals surface area contributed by atoms with Gasteiger partial charge in [0.15, 0.2) is 0 Å². The summed E-state index contributed by atoms with van der Waals surface area (Å²) in [6.07, 6.45) is 8.32. The van der Waals surface area contributed by atoms with Gasteiger partial charge in [-0.3, -0.25) is 4.79 Å². The summed E-state index contributed by atoms with van der Waals surface area (Å²) in [7, 11) is 2.23. The van der Waals surface area contributed by atoms with Crippen LogP contribution in [0.25, 0.3) is 10.9 Å². The van der Waals surface area contributed by atoms with Crippen LogP contribution in [-0.2, 0) is 11.2 Å². The fourth-order valence-corrected chi connectivity index (χ4v) is 4.06. The molecule has 1 aliphatic heterocycles. The number of hydrogen-bond acceptors (Lipinski definition) is 2. The van der Waals surface area contributed by atoms with E-state index in [9.17, 15) is 4.79 Å². The van der Waals surface area contributed by atoms with Crippen molar-refractivity contribution in [3.05, 3.63) is 36.0 Å². The van der Waals surface area contributed by atoms with Gasteiger partial charge in [0, 0.05) is 43.2 Å². The van der Waals surface area contributed by atoms with Crippen molar-refractivity contribution >= 4 is 16.8 Å². The Hall–Kier alpha value is -1.81. The average molecular weight is 356 g/mol. The molecule has 0 unspecified atom stereocenters. The number of carbonyl (C=O) groups excluding carboxylic acids is 1. The number of fused-ring (bicyclic) bond motifs is 1. The quantitative estimate of drug-likeness (QED) is 0.775. The van der Waals surface area contributed by atoms with Gasteiger partial charge in [-0.25, -0.2) is 0 Å². The van der Waals surface area contributed by atoms with Crippen molar-refractivity contribution in [3.63, 3.8) is 0 Å². The number of benzene rings is 1. The zero-order valence-electron chi connectivity index (χ0n) is 16.3. The zero-order chi connectivity index (χ0) is 18.4. The third-order valence-electron chi connectivity index (χ3n) is 5.71. The number of para-hydroxylation sites is 1. The Labute approximate surface area is 157 Å². The second-order valence-electron chi connectivity index (χ2n) is 7.80. The highest BCUT2D eigenvalue weighted by Gasteiger charge is 2.23. The van der Waals surface area contributed by atoms with Gasteiger partial charge in [0.05, 0.1) is 0 Å². The molecular formula is C22H33N3O. The van der Waals surface area contributed by atoms with Crippen molar-refractivity contribution in [2.75, 3.05) is 33.2 Å². The number of nitrogens with one attached hydrogen (secondary N) is 1. The number of aromatic nitrogens is 1. The van der Waals surface area contributed by atoms with Gasteiger partial charge in [-0.15, -0.1) is 0 Å². The van der Waals surface area contributed by atoms with E-state index in [4.69, 9.17) is 0 Å². The molecule has 142 valence electrons. The molecule has 1 aliphatic rings. The number of aromatic amines is 1. The van der Waals surface area contributed by atoms with Gasteiger partial charge >= 0.3 is 0 Å². The number of nitrogens with zero attached hydrogens (tertiary/aromatic N) is 2. The number of piperidine rings is 1. The van der Waals surface area contributed by atoms with Crippen LogP contribution in [0.4, 0.5) is 0 Å². The minimum absolute atomic E-state index is 0.313. The van der Waals surface area contributed by atoms with Crippen LogP contribution in [-0.4, -0.2) is 53.9 Å². The predicted molar refractivity (Wildman–Crippen MR) is 108 cm³/mol. The van der Waals surface area contributed by atoms with E-state index in [0.717, 1.165) is 43.8 Å². The van der Waals surface area contributed by atoms with E-state index in [1.165, 1.54) is 36.9 Å². The maximum absolute atomic E-state index is 12.6. The molecule has 3 rings (SSSR count). The molecule has 0 radical (unpaired) electrons. The van der Waals surface area contributed by atoms with E-state index in [0.29, 0.717) is 12.3 Å². The van der Waals surface area contributed by atoms with Crippen molar-refractivity contribution in [2.24, 2.45) is 5.92 Å². The molecule has 4 nitrogen and oxygen atoms in total. The van der Waals surface area contributed by atoms with Gasteiger partial charge in [-0.1, -0.05) is 31.5 Å². The predicted octanol–water partition coefficient (Wildman–Crippen LogP) is 4.07. The molecule has 1 fully saturated rings.